The van der Waals surface area contributed by atoms with Gasteiger partial charge in [0.1, 0.15) is 28.5 Å². The molecule has 7 heteroatoms. The van der Waals surface area contributed by atoms with Crippen LogP contribution in [0.1, 0.15) is 20.8 Å². The number of carbonyl (C=O) groups excluding carboxylic acids is 1. The van der Waals surface area contributed by atoms with Crippen molar-refractivity contribution in [1.29, 1.82) is 0 Å². The molecular weight excluding hydrogens is 438 g/mol. The number of hydrogen-bond donors (Lipinski definition) is 1. The number of hydrogen-bond acceptors (Lipinski definition) is 6. The number of nitrogens with one attached hydrogen (secondary N) is 1. The van der Waals surface area contributed by atoms with Crippen molar-refractivity contribution in [2.24, 2.45) is 0 Å². The Labute approximate surface area is 174 Å². The van der Waals surface area contributed by atoms with Crippen molar-refractivity contribution in [3.63, 3.8) is 0 Å². The van der Waals surface area contributed by atoms with Gasteiger partial charge in [0.05, 0.1) is 5.39 Å². The summed E-state index contributed by atoms with van der Waals surface area (Å²) >= 11 is 4.79. The number of benzene rings is 2. The number of fused-ring (bicyclic) bond motifs is 1. The second-order valence-electron chi connectivity index (χ2n) is 6.16. The van der Waals surface area contributed by atoms with Crippen LogP contribution in [-0.2, 0) is 11.3 Å². The summed E-state index contributed by atoms with van der Waals surface area (Å²) in [5.41, 5.74) is 2.66. The molecule has 28 heavy (non-hydrogen) atoms. The van der Waals surface area contributed by atoms with Gasteiger partial charge in [-0.3, -0.25) is 0 Å². The molecule has 2 heterocycles. The van der Waals surface area contributed by atoms with Gasteiger partial charge in [0, 0.05) is 10.2 Å². The van der Waals surface area contributed by atoms with Crippen molar-refractivity contribution in [3.05, 3.63) is 81.4 Å². The van der Waals surface area contributed by atoms with Crippen molar-refractivity contribution in [2.45, 2.75) is 13.5 Å². The normalized spacial score (nSPS) is 10.8. The van der Waals surface area contributed by atoms with E-state index in [1.165, 1.54) is 17.7 Å². The van der Waals surface area contributed by atoms with E-state index in [0.717, 1.165) is 31.5 Å². The Hall–Kier alpha value is -2.77. The van der Waals surface area contributed by atoms with E-state index in [-0.39, 0.29) is 12.6 Å². The first-order valence-corrected chi connectivity index (χ1v) is 10.2. The number of ether oxygens (including phenoxy) is 1. The van der Waals surface area contributed by atoms with E-state index < -0.39 is 0 Å². The van der Waals surface area contributed by atoms with Gasteiger partial charge in [-0.05, 0) is 36.2 Å². The lowest BCUT2D eigenvalue weighted by Gasteiger charge is -2.08. The van der Waals surface area contributed by atoms with Gasteiger partial charge >= 0.3 is 5.97 Å². The minimum absolute atomic E-state index is 0.238. The number of rotatable bonds is 5. The van der Waals surface area contributed by atoms with Crippen molar-refractivity contribution >= 4 is 55.0 Å². The van der Waals surface area contributed by atoms with Crippen LogP contribution in [0.2, 0.25) is 0 Å². The fourth-order valence-electron chi connectivity index (χ4n) is 2.85. The minimum atomic E-state index is -0.349. The van der Waals surface area contributed by atoms with Gasteiger partial charge in [0.25, 0.3) is 0 Å². The summed E-state index contributed by atoms with van der Waals surface area (Å²) in [6.45, 7) is 2.13. The average molecular weight is 454 g/mol. The van der Waals surface area contributed by atoms with E-state index in [2.05, 4.69) is 31.2 Å². The van der Waals surface area contributed by atoms with E-state index >= 15 is 0 Å². The van der Waals surface area contributed by atoms with Crippen LogP contribution in [0.15, 0.2) is 65.4 Å². The lowest BCUT2D eigenvalue weighted by atomic mass is 10.2. The summed E-state index contributed by atoms with van der Waals surface area (Å²) in [5.74, 6) is 0.316. The zero-order valence-electron chi connectivity index (χ0n) is 15.0. The number of halogens is 1. The smallest absolute Gasteiger partial charge is 0.349 e. The predicted molar refractivity (Wildman–Crippen MR) is 115 cm³/mol. The maximum absolute atomic E-state index is 12.6. The SMILES string of the molecule is Cc1c(C(=O)OCc2ccccc2)sc2ncnc(Nc3cccc(Br)c3)c12. The average Bonchev–Trinajstić information content (AvgIpc) is 3.05. The molecule has 0 fully saturated rings. The van der Waals surface area contributed by atoms with Gasteiger partial charge in [-0.2, -0.15) is 0 Å². The Morgan fingerprint density at radius 2 is 1.96 bits per heavy atom. The van der Waals surface area contributed by atoms with Gasteiger partial charge in [-0.1, -0.05) is 52.3 Å². The van der Waals surface area contributed by atoms with E-state index in [0.29, 0.717) is 10.7 Å². The molecule has 0 saturated heterocycles. The third-order valence-corrected chi connectivity index (χ3v) is 5.89. The third-order valence-electron chi connectivity index (χ3n) is 4.21. The summed E-state index contributed by atoms with van der Waals surface area (Å²) in [6.07, 6.45) is 1.50. The van der Waals surface area contributed by atoms with Crippen LogP contribution in [0.4, 0.5) is 11.5 Å². The van der Waals surface area contributed by atoms with Crippen LogP contribution in [0.5, 0.6) is 0 Å². The van der Waals surface area contributed by atoms with Crippen LogP contribution in [0.25, 0.3) is 10.2 Å². The van der Waals surface area contributed by atoms with Crippen molar-refractivity contribution < 1.29 is 9.53 Å². The van der Waals surface area contributed by atoms with E-state index in [9.17, 15) is 4.79 Å². The van der Waals surface area contributed by atoms with Gasteiger partial charge < -0.3 is 10.1 Å². The number of aryl methyl sites for hydroxylation is 1. The molecule has 0 bridgehead atoms. The highest BCUT2D eigenvalue weighted by atomic mass is 79.9. The van der Waals surface area contributed by atoms with Gasteiger partial charge in [0.2, 0.25) is 0 Å². The zero-order valence-corrected chi connectivity index (χ0v) is 17.4. The molecule has 0 aliphatic carbocycles. The van der Waals surface area contributed by atoms with Crippen LogP contribution in [-0.4, -0.2) is 15.9 Å². The van der Waals surface area contributed by atoms with Crippen LogP contribution in [0.3, 0.4) is 0 Å². The molecule has 0 atom stereocenters. The number of nitrogens with zero attached hydrogens (tertiary/aromatic N) is 2. The molecular formula is C21H16BrN3O2S. The largest absolute Gasteiger partial charge is 0.457 e. The van der Waals surface area contributed by atoms with Crippen LogP contribution in [0, 0.1) is 6.92 Å². The lowest BCUT2D eigenvalue weighted by Crippen LogP contribution is -2.04. The van der Waals surface area contributed by atoms with E-state index in [1.807, 2.05) is 61.5 Å². The number of aromatic nitrogens is 2. The molecule has 0 saturated carbocycles. The quantitative estimate of drug-likeness (QED) is 0.383. The first-order valence-electron chi connectivity index (χ1n) is 8.59. The van der Waals surface area contributed by atoms with Crippen molar-refractivity contribution in [1.82, 2.24) is 9.97 Å². The molecule has 0 aliphatic rings. The second-order valence-corrected chi connectivity index (χ2v) is 8.07. The number of esters is 1. The van der Waals surface area contributed by atoms with Crippen molar-refractivity contribution in [3.8, 4) is 0 Å². The Balaban J connectivity index is 1.62. The predicted octanol–water partition coefficient (Wildman–Crippen LogP) is 5.86. The number of carbonyl (C=O) groups is 1. The molecule has 0 spiro atoms. The van der Waals surface area contributed by atoms with Gasteiger partial charge in [-0.25, -0.2) is 14.8 Å². The standard InChI is InChI=1S/C21H16BrN3O2S/c1-13-17-19(25-16-9-5-8-15(22)10-16)23-12-24-20(17)28-18(13)21(26)27-11-14-6-3-2-4-7-14/h2-10,12H,11H2,1H3,(H,23,24,25). The first-order chi connectivity index (χ1) is 13.6. The molecule has 5 nitrogen and oxygen atoms in total. The Morgan fingerprint density at radius 1 is 1.14 bits per heavy atom. The fourth-order valence-corrected chi connectivity index (χ4v) is 4.29. The molecule has 1 N–H and O–H groups in total. The highest BCUT2D eigenvalue weighted by Gasteiger charge is 2.20. The zero-order chi connectivity index (χ0) is 19.5. The Bertz CT molecular complexity index is 1150. The van der Waals surface area contributed by atoms with Gasteiger partial charge in [0.15, 0.2) is 0 Å². The van der Waals surface area contributed by atoms with Crippen LogP contribution < -0.4 is 5.32 Å². The monoisotopic (exact) mass is 453 g/mol. The molecule has 4 rings (SSSR count). The highest BCUT2D eigenvalue weighted by molar-refractivity contribution is 9.10. The Kier molecular flexibility index (Phi) is 5.36. The summed E-state index contributed by atoms with van der Waals surface area (Å²) in [6, 6.07) is 17.4. The summed E-state index contributed by atoms with van der Waals surface area (Å²) in [5, 5.41) is 4.14. The number of thiophene rings is 1. The second kappa shape index (κ2) is 8.08. The number of anilines is 2. The van der Waals surface area contributed by atoms with E-state index in [1.54, 1.807) is 0 Å². The molecule has 2 aromatic carbocycles. The summed E-state index contributed by atoms with van der Waals surface area (Å²) < 4.78 is 6.46. The van der Waals surface area contributed by atoms with Crippen molar-refractivity contribution in [2.75, 3.05) is 5.32 Å². The summed E-state index contributed by atoms with van der Waals surface area (Å²) in [7, 11) is 0. The maximum Gasteiger partial charge on any atom is 0.349 e. The topological polar surface area (TPSA) is 64.1 Å². The molecule has 0 amide bonds. The molecule has 0 unspecified atom stereocenters. The molecule has 4 aromatic rings. The highest BCUT2D eigenvalue weighted by Crippen LogP contribution is 2.35. The van der Waals surface area contributed by atoms with Crippen LogP contribution >= 0.6 is 27.3 Å². The molecule has 0 aliphatic heterocycles. The lowest BCUT2D eigenvalue weighted by molar-refractivity contribution is 0.0478. The molecule has 2 aromatic heterocycles. The first kappa shape index (κ1) is 18.6. The summed E-state index contributed by atoms with van der Waals surface area (Å²) in [4.78, 5) is 22.6. The fraction of sp³-hybridized carbons (Fsp3) is 0.0952. The Morgan fingerprint density at radius 3 is 2.75 bits per heavy atom. The maximum atomic E-state index is 12.6. The van der Waals surface area contributed by atoms with E-state index in [4.69, 9.17) is 4.74 Å². The molecule has 0 radical (unpaired) electrons. The van der Waals surface area contributed by atoms with Gasteiger partial charge in [-0.15, -0.1) is 11.3 Å². The third kappa shape index (κ3) is 3.90. The molecule has 140 valence electrons. The minimum Gasteiger partial charge on any atom is -0.457 e.